The third kappa shape index (κ3) is 6.11. The molecule has 9 nitrogen and oxygen atoms in total. The number of carbonyl (C=O) groups excluding carboxylic acids is 2. The normalized spacial score (nSPS) is 10.3. The van der Waals surface area contributed by atoms with Crippen LogP contribution in [0.3, 0.4) is 0 Å². The van der Waals surface area contributed by atoms with Gasteiger partial charge in [0.05, 0.1) is 10.6 Å². The van der Waals surface area contributed by atoms with Crippen molar-refractivity contribution in [1.82, 2.24) is 5.32 Å². The van der Waals surface area contributed by atoms with Crippen LogP contribution < -0.4 is 14.9 Å². The van der Waals surface area contributed by atoms with E-state index in [2.05, 4.69) is 5.32 Å². The Labute approximate surface area is 202 Å². The van der Waals surface area contributed by atoms with E-state index in [-0.39, 0.29) is 16.2 Å². The Kier molecular flexibility index (Phi) is 7.62. The summed E-state index contributed by atoms with van der Waals surface area (Å²) in [5, 5.41) is 22.1. The molecule has 0 aliphatic heterocycles. The summed E-state index contributed by atoms with van der Waals surface area (Å²) in [4.78, 5) is 25.3. The van der Waals surface area contributed by atoms with Gasteiger partial charge in [0.15, 0.2) is 0 Å². The number of allylic oxidation sites excluding steroid dienone is 1. The number of nitrogens with one attached hydrogen (secondary N) is 2. The van der Waals surface area contributed by atoms with Gasteiger partial charge in [-0.2, -0.15) is 14.8 Å². The van der Waals surface area contributed by atoms with Crippen molar-refractivity contribution in [2.45, 2.75) is 11.8 Å². The maximum absolute atomic E-state index is 13.3. The third-order valence-electron chi connectivity index (χ3n) is 4.68. The zero-order valence-electron chi connectivity index (χ0n) is 18.5. The Morgan fingerprint density at radius 1 is 0.886 bits per heavy atom. The molecule has 10 heteroatoms. The lowest BCUT2D eigenvalue weighted by molar-refractivity contribution is 0.238. The minimum atomic E-state index is -4.32. The molecule has 0 saturated carbocycles. The van der Waals surface area contributed by atoms with E-state index < -0.39 is 22.1 Å². The number of hydrogen-bond acceptors (Lipinski definition) is 6. The van der Waals surface area contributed by atoms with Gasteiger partial charge in [0.25, 0.3) is 10.0 Å². The van der Waals surface area contributed by atoms with Crippen LogP contribution in [0.4, 0.5) is 21.0 Å². The van der Waals surface area contributed by atoms with E-state index in [1.54, 1.807) is 42.5 Å². The molecule has 0 bridgehead atoms. The van der Waals surface area contributed by atoms with Crippen molar-refractivity contribution in [1.29, 1.82) is 10.5 Å². The second-order valence-electron chi connectivity index (χ2n) is 7.21. The monoisotopic (exact) mass is 485 g/mol. The Morgan fingerprint density at radius 3 is 2.06 bits per heavy atom. The topological polar surface area (TPSA) is 143 Å². The van der Waals surface area contributed by atoms with Crippen LogP contribution in [0.5, 0.6) is 0 Å². The lowest BCUT2D eigenvalue weighted by Gasteiger charge is -2.23. The van der Waals surface area contributed by atoms with Crippen molar-refractivity contribution in [3.8, 4) is 12.1 Å². The number of imide groups is 1. The van der Waals surface area contributed by atoms with Crippen LogP contribution in [0.2, 0.25) is 0 Å². The molecule has 0 fully saturated rings. The Bertz CT molecular complexity index is 1440. The second kappa shape index (κ2) is 10.8. The predicted octanol–water partition coefficient (Wildman–Crippen LogP) is 4.56. The SMILES string of the molecule is Cc1ccc(N(C(=O)NC(=O)Nc2ccc(C=C(C#N)C#N)cc2)S(=O)(=O)c2ccccc2)cc1. The molecular formula is C25H19N5O4S. The molecule has 35 heavy (non-hydrogen) atoms. The number of nitrogens with zero attached hydrogens (tertiary/aromatic N) is 3. The van der Waals surface area contributed by atoms with E-state index in [1.807, 2.05) is 12.2 Å². The van der Waals surface area contributed by atoms with Crippen LogP contribution in [0.1, 0.15) is 11.1 Å². The molecule has 0 spiro atoms. The van der Waals surface area contributed by atoms with Crippen LogP contribution in [0.25, 0.3) is 6.08 Å². The summed E-state index contributed by atoms with van der Waals surface area (Å²) in [7, 11) is -4.32. The fourth-order valence-corrected chi connectivity index (χ4v) is 4.35. The average Bonchev–Trinajstić information content (AvgIpc) is 2.85. The standard InChI is InChI=1S/C25H19N5O4S/c1-18-7-13-22(14-8-18)30(35(33,34)23-5-3-2-4-6-23)25(32)29-24(31)28-21-11-9-19(10-12-21)15-20(16-26)17-27/h2-15H,1H3,(H2,28,29,31,32). The smallest absolute Gasteiger partial charge is 0.308 e. The number of sulfonamides is 1. The summed E-state index contributed by atoms with van der Waals surface area (Å²) in [6.45, 7) is 1.82. The summed E-state index contributed by atoms with van der Waals surface area (Å²) in [5.41, 5.74) is 1.70. The number of anilines is 2. The predicted molar refractivity (Wildman–Crippen MR) is 130 cm³/mol. The van der Waals surface area contributed by atoms with E-state index in [0.717, 1.165) is 5.56 Å². The van der Waals surface area contributed by atoms with Crippen molar-refractivity contribution in [3.63, 3.8) is 0 Å². The molecule has 2 N–H and O–H groups in total. The summed E-state index contributed by atoms with van der Waals surface area (Å²) in [6, 6.07) is 21.1. The van der Waals surface area contributed by atoms with Crippen LogP contribution in [-0.2, 0) is 10.0 Å². The van der Waals surface area contributed by atoms with Crippen LogP contribution >= 0.6 is 0 Å². The highest BCUT2D eigenvalue weighted by atomic mass is 32.2. The molecule has 0 saturated heterocycles. The molecule has 4 amide bonds. The first-order valence-corrected chi connectivity index (χ1v) is 11.6. The quantitative estimate of drug-likeness (QED) is 0.507. The minimum absolute atomic E-state index is 0.0617. The van der Waals surface area contributed by atoms with Gasteiger partial charge in [0, 0.05) is 5.69 Å². The Balaban J connectivity index is 1.82. The molecule has 0 aliphatic carbocycles. The molecule has 0 unspecified atom stereocenters. The van der Waals surface area contributed by atoms with Gasteiger partial charge in [-0.05, 0) is 55.0 Å². The van der Waals surface area contributed by atoms with E-state index in [0.29, 0.717) is 15.6 Å². The van der Waals surface area contributed by atoms with E-state index in [1.165, 1.54) is 54.6 Å². The molecule has 0 heterocycles. The van der Waals surface area contributed by atoms with E-state index in [9.17, 15) is 18.0 Å². The fourth-order valence-electron chi connectivity index (χ4n) is 2.97. The number of carbonyl (C=O) groups is 2. The van der Waals surface area contributed by atoms with Gasteiger partial charge in [0.2, 0.25) is 0 Å². The van der Waals surface area contributed by atoms with Crippen LogP contribution in [0.15, 0.2) is 89.3 Å². The highest BCUT2D eigenvalue weighted by molar-refractivity contribution is 7.93. The highest BCUT2D eigenvalue weighted by Gasteiger charge is 2.32. The Morgan fingerprint density at radius 2 is 1.49 bits per heavy atom. The number of hydrogen-bond donors (Lipinski definition) is 2. The number of aryl methyl sites for hydroxylation is 1. The zero-order valence-corrected chi connectivity index (χ0v) is 19.3. The molecule has 174 valence electrons. The van der Waals surface area contributed by atoms with Gasteiger partial charge in [-0.25, -0.2) is 18.0 Å². The van der Waals surface area contributed by atoms with Crippen molar-refractivity contribution in [2.24, 2.45) is 0 Å². The lowest BCUT2D eigenvalue weighted by atomic mass is 10.1. The average molecular weight is 486 g/mol. The number of urea groups is 2. The maximum Gasteiger partial charge on any atom is 0.344 e. The van der Waals surface area contributed by atoms with Crippen molar-refractivity contribution < 1.29 is 18.0 Å². The number of rotatable bonds is 5. The number of nitriles is 2. The molecule has 0 aliphatic rings. The van der Waals surface area contributed by atoms with Gasteiger partial charge in [0.1, 0.15) is 17.7 Å². The first-order valence-electron chi connectivity index (χ1n) is 10.2. The van der Waals surface area contributed by atoms with Gasteiger partial charge >= 0.3 is 12.1 Å². The lowest BCUT2D eigenvalue weighted by Crippen LogP contribution is -2.47. The van der Waals surface area contributed by atoms with Gasteiger partial charge in [-0.15, -0.1) is 0 Å². The van der Waals surface area contributed by atoms with Crippen molar-refractivity contribution in [3.05, 3.63) is 95.6 Å². The summed E-state index contributed by atoms with van der Waals surface area (Å²) in [5.74, 6) is 0. The molecule has 0 aromatic heterocycles. The van der Waals surface area contributed by atoms with E-state index >= 15 is 0 Å². The van der Waals surface area contributed by atoms with Crippen molar-refractivity contribution in [2.75, 3.05) is 9.62 Å². The molecule has 0 radical (unpaired) electrons. The highest BCUT2D eigenvalue weighted by Crippen LogP contribution is 2.24. The third-order valence-corrected chi connectivity index (χ3v) is 6.40. The first-order chi connectivity index (χ1) is 16.7. The number of amides is 4. The fraction of sp³-hybridized carbons (Fsp3) is 0.0400. The first kappa shape index (κ1) is 24.7. The minimum Gasteiger partial charge on any atom is -0.308 e. The molecule has 3 rings (SSSR count). The maximum atomic E-state index is 13.3. The van der Waals surface area contributed by atoms with Gasteiger partial charge in [-0.1, -0.05) is 48.0 Å². The molecule has 0 atom stereocenters. The molecule has 3 aromatic carbocycles. The molecular weight excluding hydrogens is 466 g/mol. The summed E-state index contributed by atoms with van der Waals surface area (Å²) < 4.78 is 27.0. The van der Waals surface area contributed by atoms with E-state index in [4.69, 9.17) is 10.5 Å². The summed E-state index contributed by atoms with van der Waals surface area (Å²) in [6.07, 6.45) is 1.38. The van der Waals surface area contributed by atoms with Crippen LogP contribution in [0, 0.1) is 29.6 Å². The van der Waals surface area contributed by atoms with Gasteiger partial charge in [-0.3, -0.25) is 5.32 Å². The largest absolute Gasteiger partial charge is 0.344 e. The second-order valence-corrected chi connectivity index (χ2v) is 8.99. The van der Waals surface area contributed by atoms with Gasteiger partial charge < -0.3 is 5.32 Å². The molecule has 3 aromatic rings. The number of benzene rings is 3. The van der Waals surface area contributed by atoms with Crippen LogP contribution in [-0.4, -0.2) is 20.5 Å². The zero-order chi connectivity index (χ0) is 25.4. The summed E-state index contributed by atoms with van der Waals surface area (Å²) >= 11 is 0. The van der Waals surface area contributed by atoms with Crippen molar-refractivity contribution >= 4 is 39.5 Å². The Hall–Kier alpha value is -4.93.